The Kier molecular flexibility index (Phi) is 5.16. The zero-order valence-corrected chi connectivity index (χ0v) is 13.6. The Bertz CT molecular complexity index is 343. The highest BCUT2D eigenvalue weighted by atomic mass is 14.8. The summed E-state index contributed by atoms with van der Waals surface area (Å²) in [5, 5.41) is 7.11. The summed E-state index contributed by atoms with van der Waals surface area (Å²) in [7, 11) is 0. The first-order valence-corrected chi connectivity index (χ1v) is 9.47. The van der Waals surface area contributed by atoms with Crippen molar-refractivity contribution < 1.29 is 0 Å². The summed E-state index contributed by atoms with van der Waals surface area (Å²) in [5.74, 6) is 2.00. The maximum atomic E-state index is 7.11. The van der Waals surface area contributed by atoms with Gasteiger partial charge in [0.25, 0.3) is 0 Å². The Morgan fingerprint density at radius 3 is 1.62 bits per heavy atom. The number of hydrogen-bond donors (Lipinski definition) is 1. The lowest BCUT2D eigenvalue weighted by Crippen LogP contribution is -2.43. The van der Waals surface area contributed by atoms with Gasteiger partial charge in [-0.2, -0.15) is 0 Å². The van der Waals surface area contributed by atoms with E-state index in [2.05, 4.69) is 11.0 Å². The van der Waals surface area contributed by atoms with Crippen LogP contribution in [0.25, 0.3) is 0 Å². The van der Waals surface area contributed by atoms with Crippen LogP contribution in [0.2, 0.25) is 0 Å². The number of hydrogen-bond acceptors (Lipinski definition) is 2. The fourth-order valence-corrected chi connectivity index (χ4v) is 5.87. The lowest BCUT2D eigenvalue weighted by molar-refractivity contribution is -0.0162. The van der Waals surface area contributed by atoms with Crippen molar-refractivity contribution in [2.45, 2.75) is 95.9 Å². The normalized spacial score (nSPS) is 29.0. The maximum absolute atomic E-state index is 7.11. The van der Waals surface area contributed by atoms with Crippen molar-refractivity contribution >= 4 is 6.01 Å². The summed E-state index contributed by atoms with van der Waals surface area (Å²) in [6, 6.07) is 2.70. The number of rotatable bonds is 3. The first kappa shape index (κ1) is 15.3. The second-order valence-electron chi connectivity index (χ2n) is 7.88. The third-order valence-electron chi connectivity index (χ3n) is 6.97. The minimum Gasteiger partial charge on any atom is -0.242 e. The van der Waals surface area contributed by atoms with Crippen molar-refractivity contribution in [2.24, 2.45) is 22.2 Å². The molecule has 3 aliphatic carbocycles. The molecule has 0 amide bonds. The highest BCUT2D eigenvalue weighted by molar-refractivity contribution is 5.36. The van der Waals surface area contributed by atoms with E-state index in [0.29, 0.717) is 11.5 Å². The molecule has 3 fully saturated rings. The molecule has 0 aromatic rings. The molecule has 0 aliphatic heterocycles. The lowest BCUT2D eigenvalue weighted by atomic mass is 9.53. The van der Waals surface area contributed by atoms with Gasteiger partial charge in [-0.15, -0.1) is 0 Å². The molecule has 2 heteroatoms. The Balaban J connectivity index is 1.75. The van der Waals surface area contributed by atoms with Gasteiger partial charge in [-0.3, -0.25) is 0 Å². The van der Waals surface area contributed by atoms with Gasteiger partial charge in [0.15, 0.2) is 0 Å². The highest BCUT2D eigenvalue weighted by Crippen LogP contribution is 2.56. The van der Waals surface area contributed by atoms with Crippen molar-refractivity contribution in [2.75, 3.05) is 0 Å². The molecule has 118 valence electrons. The van der Waals surface area contributed by atoms with E-state index >= 15 is 0 Å². The van der Waals surface area contributed by atoms with E-state index in [1.807, 2.05) is 0 Å². The van der Waals surface area contributed by atoms with E-state index < -0.39 is 0 Å². The van der Waals surface area contributed by atoms with Crippen LogP contribution in [-0.2, 0) is 0 Å². The van der Waals surface area contributed by atoms with Gasteiger partial charge in [0.05, 0.1) is 12.1 Å². The van der Waals surface area contributed by atoms with Crippen LogP contribution >= 0.6 is 0 Å². The molecular weight excluding hydrogens is 256 g/mol. The van der Waals surface area contributed by atoms with Gasteiger partial charge in [-0.1, -0.05) is 38.5 Å². The van der Waals surface area contributed by atoms with Crippen LogP contribution < -0.4 is 0 Å². The highest BCUT2D eigenvalue weighted by Gasteiger charge is 2.47. The third-order valence-corrected chi connectivity index (χ3v) is 6.97. The van der Waals surface area contributed by atoms with Crippen LogP contribution in [0.3, 0.4) is 0 Å². The largest absolute Gasteiger partial charge is 0.242 e. The van der Waals surface area contributed by atoms with E-state index in [4.69, 9.17) is 5.41 Å². The standard InChI is InChI=1S/C19H32N2/c20-15-21-18-11-13-19(14-12-18,16-7-3-1-4-8-16)17-9-5-2-6-10-17/h16-18,20H,1-14H2. The molecule has 0 heterocycles. The van der Waals surface area contributed by atoms with Gasteiger partial charge >= 0.3 is 0 Å². The molecule has 3 rings (SSSR count). The van der Waals surface area contributed by atoms with Crippen molar-refractivity contribution in [3.8, 4) is 0 Å². The van der Waals surface area contributed by atoms with E-state index in [9.17, 15) is 0 Å². The fourth-order valence-electron chi connectivity index (χ4n) is 5.87. The van der Waals surface area contributed by atoms with Crippen molar-refractivity contribution in [1.29, 1.82) is 5.41 Å². The SMILES string of the molecule is N=C=NC1CCC(C2CCCCC2)(C2CCCCC2)CC1. The average molecular weight is 288 g/mol. The van der Waals surface area contributed by atoms with Crippen LogP contribution in [0.4, 0.5) is 0 Å². The first-order chi connectivity index (χ1) is 10.3. The maximum Gasteiger partial charge on any atom is 0.0864 e. The van der Waals surface area contributed by atoms with Crippen LogP contribution in [-0.4, -0.2) is 12.1 Å². The predicted molar refractivity (Wildman–Crippen MR) is 88.0 cm³/mol. The molecule has 1 N–H and O–H groups in total. The zero-order chi connectivity index (χ0) is 14.5. The van der Waals surface area contributed by atoms with Crippen molar-refractivity contribution in [3.63, 3.8) is 0 Å². The summed E-state index contributed by atoms with van der Waals surface area (Å²) in [4.78, 5) is 4.26. The van der Waals surface area contributed by atoms with Gasteiger partial charge in [-0.25, -0.2) is 10.4 Å². The third kappa shape index (κ3) is 3.26. The fraction of sp³-hybridized carbons (Fsp3) is 0.947. The molecule has 21 heavy (non-hydrogen) atoms. The van der Waals surface area contributed by atoms with E-state index in [-0.39, 0.29) is 0 Å². The second kappa shape index (κ2) is 7.09. The van der Waals surface area contributed by atoms with Gasteiger partial charge in [-0.05, 0) is 68.6 Å². The molecule has 0 aromatic heterocycles. The summed E-state index contributed by atoms with van der Waals surface area (Å²) in [5.41, 5.74) is 0.648. The molecule has 0 unspecified atom stereocenters. The number of nitrogens with zero attached hydrogens (tertiary/aromatic N) is 1. The Labute approximate surface area is 130 Å². The summed E-state index contributed by atoms with van der Waals surface area (Å²) < 4.78 is 0. The molecule has 0 atom stereocenters. The molecule has 0 radical (unpaired) electrons. The zero-order valence-electron chi connectivity index (χ0n) is 13.6. The Morgan fingerprint density at radius 2 is 1.19 bits per heavy atom. The summed E-state index contributed by atoms with van der Waals surface area (Å²) >= 11 is 0. The van der Waals surface area contributed by atoms with E-state index in [0.717, 1.165) is 11.8 Å². The Hall–Kier alpha value is -0.620. The molecule has 2 nitrogen and oxygen atoms in total. The molecule has 0 spiro atoms. The average Bonchev–Trinajstić information content (AvgIpc) is 2.58. The minimum atomic E-state index is 0.405. The number of nitrogens with one attached hydrogen (secondary N) is 1. The van der Waals surface area contributed by atoms with Crippen molar-refractivity contribution in [1.82, 2.24) is 0 Å². The second-order valence-corrected chi connectivity index (χ2v) is 7.88. The molecule has 0 aromatic carbocycles. The number of aliphatic imine (C=N–C) groups is 1. The summed E-state index contributed by atoms with van der Waals surface area (Å²) in [6.07, 6.45) is 20.0. The summed E-state index contributed by atoms with van der Waals surface area (Å²) in [6.45, 7) is 0. The monoisotopic (exact) mass is 288 g/mol. The van der Waals surface area contributed by atoms with Crippen LogP contribution in [0, 0.1) is 22.7 Å². The van der Waals surface area contributed by atoms with E-state index in [1.54, 1.807) is 0 Å². The molecule has 0 bridgehead atoms. The topological polar surface area (TPSA) is 36.2 Å². The minimum absolute atomic E-state index is 0.405. The smallest absolute Gasteiger partial charge is 0.0864 e. The predicted octanol–water partition coefficient (Wildman–Crippen LogP) is 5.83. The van der Waals surface area contributed by atoms with Crippen LogP contribution in [0.5, 0.6) is 0 Å². The quantitative estimate of drug-likeness (QED) is 0.634. The Morgan fingerprint density at radius 1 is 0.714 bits per heavy atom. The van der Waals surface area contributed by atoms with E-state index in [1.165, 1.54) is 89.9 Å². The van der Waals surface area contributed by atoms with Gasteiger partial charge in [0, 0.05) is 0 Å². The van der Waals surface area contributed by atoms with Crippen LogP contribution in [0.1, 0.15) is 89.9 Å². The molecule has 3 aliphatic rings. The van der Waals surface area contributed by atoms with Gasteiger partial charge in [0.1, 0.15) is 0 Å². The molecule has 3 saturated carbocycles. The van der Waals surface area contributed by atoms with Crippen molar-refractivity contribution in [3.05, 3.63) is 0 Å². The molecule has 0 saturated heterocycles. The van der Waals surface area contributed by atoms with Gasteiger partial charge in [0.2, 0.25) is 0 Å². The lowest BCUT2D eigenvalue weighted by Gasteiger charge is -2.52. The first-order valence-electron chi connectivity index (χ1n) is 9.47. The van der Waals surface area contributed by atoms with Gasteiger partial charge < -0.3 is 0 Å². The van der Waals surface area contributed by atoms with Crippen LogP contribution in [0.15, 0.2) is 4.99 Å². The molecular formula is C19H32N2.